The first-order valence-electron chi connectivity index (χ1n) is 11.3. The summed E-state index contributed by atoms with van der Waals surface area (Å²) in [4.78, 5) is 5.71. The average Bonchev–Trinajstić information content (AvgIpc) is 2.92. The third-order valence-electron chi connectivity index (χ3n) is 7.86. The van der Waals surface area contributed by atoms with E-state index in [0.29, 0.717) is 22.4 Å². The Hall–Kier alpha value is -0.0800. The molecular formula is C24H46N2. The summed E-state index contributed by atoms with van der Waals surface area (Å²) >= 11 is 0. The van der Waals surface area contributed by atoms with Crippen molar-refractivity contribution in [3.05, 3.63) is 0 Å². The smallest absolute Gasteiger partial charge is 0.0165 e. The van der Waals surface area contributed by atoms with Gasteiger partial charge in [0.05, 0.1) is 0 Å². The van der Waals surface area contributed by atoms with Crippen molar-refractivity contribution in [2.24, 2.45) is 22.7 Å². The van der Waals surface area contributed by atoms with Gasteiger partial charge in [0.25, 0.3) is 0 Å². The minimum absolute atomic E-state index is 0.305. The van der Waals surface area contributed by atoms with Gasteiger partial charge in [-0.2, -0.15) is 0 Å². The molecular weight excluding hydrogens is 316 g/mol. The zero-order chi connectivity index (χ0) is 19.7. The molecule has 0 aromatic heterocycles. The third-order valence-corrected chi connectivity index (χ3v) is 7.86. The van der Waals surface area contributed by atoms with Crippen molar-refractivity contribution < 1.29 is 0 Å². The second-order valence-corrected chi connectivity index (χ2v) is 12.7. The molecule has 0 spiro atoms. The molecule has 0 N–H and O–H groups in total. The maximum Gasteiger partial charge on any atom is 0.0165 e. The molecule has 0 bridgehead atoms. The highest BCUT2D eigenvalue weighted by molar-refractivity contribution is 5.16. The normalized spacial score (nSPS) is 36.8. The van der Waals surface area contributed by atoms with Crippen LogP contribution in [0.15, 0.2) is 0 Å². The Bertz CT molecular complexity index is 507. The maximum absolute atomic E-state index is 2.90. The number of hydrogen-bond donors (Lipinski definition) is 0. The van der Waals surface area contributed by atoms with Crippen molar-refractivity contribution >= 4 is 0 Å². The van der Waals surface area contributed by atoms with E-state index in [4.69, 9.17) is 0 Å². The third kappa shape index (κ3) is 3.62. The SMILES string of the molecule is CC(C)N1C2C(CC1C(C)(C)C)C2CC(C)(C)C1CCCN1C(C)(C)C. The zero-order valence-corrected chi connectivity index (χ0v) is 19.4. The second kappa shape index (κ2) is 6.48. The summed E-state index contributed by atoms with van der Waals surface area (Å²) in [5.41, 5.74) is 1.14. The number of nitrogens with zero attached hydrogens (tertiary/aromatic N) is 2. The first kappa shape index (κ1) is 20.6. The van der Waals surface area contributed by atoms with Gasteiger partial charge in [-0.1, -0.05) is 34.6 Å². The van der Waals surface area contributed by atoms with Crippen molar-refractivity contribution in [1.29, 1.82) is 0 Å². The standard InChI is InChI=1S/C24H46N2/c1-16(2)26-20(22(3,4)5)14-17-18(21(17)26)15-24(9,10)19-12-11-13-25(19)23(6,7)8/h16-21H,11-15H2,1-10H3. The lowest BCUT2D eigenvalue weighted by Crippen LogP contribution is -2.51. The number of piperidine rings is 1. The van der Waals surface area contributed by atoms with Crippen LogP contribution in [0.25, 0.3) is 0 Å². The summed E-state index contributed by atoms with van der Waals surface area (Å²) < 4.78 is 0. The molecule has 0 amide bonds. The number of hydrogen-bond acceptors (Lipinski definition) is 2. The quantitative estimate of drug-likeness (QED) is 0.623. The van der Waals surface area contributed by atoms with Crippen LogP contribution in [0.3, 0.4) is 0 Å². The fourth-order valence-electron chi connectivity index (χ4n) is 6.67. The monoisotopic (exact) mass is 362 g/mol. The average molecular weight is 363 g/mol. The van der Waals surface area contributed by atoms with E-state index in [1.54, 1.807) is 0 Å². The fraction of sp³-hybridized carbons (Fsp3) is 1.00. The molecule has 2 heteroatoms. The van der Waals surface area contributed by atoms with E-state index in [1.165, 1.54) is 32.2 Å². The minimum Gasteiger partial charge on any atom is -0.295 e. The van der Waals surface area contributed by atoms with Crippen LogP contribution in [0.5, 0.6) is 0 Å². The number of likely N-dealkylation sites (tertiary alicyclic amines) is 2. The molecule has 1 saturated carbocycles. The fourth-order valence-corrected chi connectivity index (χ4v) is 6.67. The predicted octanol–water partition coefficient (Wildman–Crippen LogP) is 5.81. The van der Waals surface area contributed by atoms with Gasteiger partial charge < -0.3 is 0 Å². The van der Waals surface area contributed by atoms with Crippen LogP contribution in [0.4, 0.5) is 0 Å². The second-order valence-electron chi connectivity index (χ2n) is 12.7. The molecule has 0 radical (unpaired) electrons. The Morgan fingerprint density at radius 1 is 0.923 bits per heavy atom. The number of rotatable bonds is 4. The molecule has 3 fully saturated rings. The molecule has 0 aromatic carbocycles. The molecule has 2 saturated heterocycles. The molecule has 5 atom stereocenters. The summed E-state index contributed by atoms with van der Waals surface area (Å²) in [6, 6.07) is 3.08. The van der Waals surface area contributed by atoms with Gasteiger partial charge >= 0.3 is 0 Å². The molecule has 2 aliphatic heterocycles. The van der Waals surface area contributed by atoms with E-state index in [-0.39, 0.29) is 0 Å². The summed E-state index contributed by atoms with van der Waals surface area (Å²) in [6.45, 7) is 25.8. The first-order valence-corrected chi connectivity index (χ1v) is 11.3. The topological polar surface area (TPSA) is 6.48 Å². The molecule has 1 aliphatic carbocycles. The Morgan fingerprint density at radius 3 is 2.04 bits per heavy atom. The van der Waals surface area contributed by atoms with E-state index in [1.807, 2.05) is 0 Å². The van der Waals surface area contributed by atoms with Crippen molar-refractivity contribution in [3.63, 3.8) is 0 Å². The summed E-state index contributed by atoms with van der Waals surface area (Å²) in [5.74, 6) is 1.90. The van der Waals surface area contributed by atoms with Crippen LogP contribution in [0.1, 0.15) is 94.9 Å². The van der Waals surface area contributed by atoms with Crippen LogP contribution in [-0.4, -0.2) is 46.1 Å². The van der Waals surface area contributed by atoms with Crippen LogP contribution in [0.2, 0.25) is 0 Å². The highest BCUT2D eigenvalue weighted by atomic mass is 15.3. The van der Waals surface area contributed by atoms with Crippen LogP contribution in [0, 0.1) is 22.7 Å². The minimum atomic E-state index is 0.305. The van der Waals surface area contributed by atoms with E-state index >= 15 is 0 Å². The molecule has 26 heavy (non-hydrogen) atoms. The molecule has 3 rings (SSSR count). The van der Waals surface area contributed by atoms with Crippen molar-refractivity contribution in [2.45, 2.75) is 125 Å². The first-order chi connectivity index (χ1) is 11.7. The molecule has 0 aromatic rings. The molecule has 152 valence electrons. The zero-order valence-electron chi connectivity index (χ0n) is 19.4. The largest absolute Gasteiger partial charge is 0.295 e. The molecule has 2 nitrogen and oxygen atoms in total. The van der Waals surface area contributed by atoms with E-state index in [0.717, 1.165) is 30.0 Å². The van der Waals surface area contributed by atoms with E-state index in [2.05, 4.69) is 79.0 Å². The van der Waals surface area contributed by atoms with Gasteiger partial charge in [0.2, 0.25) is 0 Å². The van der Waals surface area contributed by atoms with Gasteiger partial charge in [0, 0.05) is 29.7 Å². The van der Waals surface area contributed by atoms with Gasteiger partial charge in [-0.25, -0.2) is 0 Å². The van der Waals surface area contributed by atoms with Gasteiger partial charge in [-0.05, 0) is 89.5 Å². The van der Waals surface area contributed by atoms with Gasteiger partial charge in [0.15, 0.2) is 0 Å². The summed E-state index contributed by atoms with van der Waals surface area (Å²) in [5, 5.41) is 0. The lowest BCUT2D eigenvalue weighted by atomic mass is 9.75. The number of fused-ring (bicyclic) bond motifs is 1. The van der Waals surface area contributed by atoms with Crippen LogP contribution >= 0.6 is 0 Å². The van der Waals surface area contributed by atoms with Gasteiger partial charge in [-0.15, -0.1) is 0 Å². The maximum atomic E-state index is 2.90. The van der Waals surface area contributed by atoms with Gasteiger partial charge in [0.1, 0.15) is 0 Å². The van der Waals surface area contributed by atoms with Crippen LogP contribution in [-0.2, 0) is 0 Å². The van der Waals surface area contributed by atoms with Crippen molar-refractivity contribution in [3.8, 4) is 0 Å². The lowest BCUT2D eigenvalue weighted by molar-refractivity contribution is 0.0306. The summed E-state index contributed by atoms with van der Waals surface area (Å²) in [7, 11) is 0. The Balaban J connectivity index is 1.70. The van der Waals surface area contributed by atoms with Crippen molar-refractivity contribution in [2.75, 3.05) is 6.54 Å². The lowest BCUT2D eigenvalue weighted by Gasteiger charge is -2.46. The Morgan fingerprint density at radius 2 is 1.54 bits per heavy atom. The molecule has 3 aliphatic rings. The highest BCUT2D eigenvalue weighted by Gasteiger charge is 2.63. The van der Waals surface area contributed by atoms with Crippen molar-refractivity contribution in [1.82, 2.24) is 9.80 Å². The van der Waals surface area contributed by atoms with E-state index in [9.17, 15) is 0 Å². The Kier molecular flexibility index (Phi) is 5.14. The molecule has 2 heterocycles. The van der Waals surface area contributed by atoms with E-state index < -0.39 is 0 Å². The van der Waals surface area contributed by atoms with Gasteiger partial charge in [-0.3, -0.25) is 9.80 Å². The summed E-state index contributed by atoms with van der Waals surface area (Å²) in [6.07, 6.45) is 5.62. The predicted molar refractivity (Wildman–Crippen MR) is 113 cm³/mol. The molecule has 5 unspecified atom stereocenters. The van der Waals surface area contributed by atoms with Crippen LogP contribution < -0.4 is 0 Å². The Labute approximate surface area is 164 Å². The highest BCUT2D eigenvalue weighted by Crippen LogP contribution is 2.61.